The van der Waals surface area contributed by atoms with Crippen molar-refractivity contribution in [2.45, 2.75) is 32.4 Å². The highest BCUT2D eigenvalue weighted by Gasteiger charge is 2.30. The lowest BCUT2D eigenvalue weighted by atomic mass is 10.0. The number of piperazine rings is 1. The van der Waals surface area contributed by atoms with Crippen LogP contribution < -0.4 is 5.32 Å². The lowest BCUT2D eigenvalue weighted by molar-refractivity contribution is 0.0568. The van der Waals surface area contributed by atoms with E-state index in [9.17, 15) is 9.59 Å². The first-order valence-corrected chi connectivity index (χ1v) is 9.74. The van der Waals surface area contributed by atoms with Gasteiger partial charge in [-0.15, -0.1) is 0 Å². The van der Waals surface area contributed by atoms with E-state index in [1.54, 1.807) is 17.3 Å². The molecule has 3 amide bonds. The number of rotatable bonds is 4. The fourth-order valence-corrected chi connectivity index (χ4v) is 3.71. The highest BCUT2D eigenvalue weighted by Crippen LogP contribution is 2.19. The Balaban J connectivity index is 1.37. The highest BCUT2D eigenvalue weighted by atomic mass is 16.6. The number of hydrogen-bond donors (Lipinski definition) is 1. The molecule has 148 valence electrons. The number of urea groups is 1. The Labute approximate surface area is 160 Å². The Morgan fingerprint density at radius 3 is 2.37 bits per heavy atom. The van der Waals surface area contributed by atoms with E-state index in [1.165, 1.54) is 0 Å². The van der Waals surface area contributed by atoms with Gasteiger partial charge in [-0.05, 0) is 37.5 Å². The van der Waals surface area contributed by atoms with E-state index in [2.05, 4.69) is 15.2 Å². The molecule has 0 spiro atoms. The van der Waals surface area contributed by atoms with E-state index in [1.807, 2.05) is 24.0 Å². The molecule has 2 aliphatic rings. The fraction of sp³-hybridized carbons (Fsp3) is 0.632. The first-order valence-electron chi connectivity index (χ1n) is 9.74. The van der Waals surface area contributed by atoms with Crippen LogP contribution in [0.15, 0.2) is 24.5 Å². The predicted octanol–water partition coefficient (Wildman–Crippen LogP) is 1.53. The van der Waals surface area contributed by atoms with Gasteiger partial charge in [0.1, 0.15) is 0 Å². The standard InChI is InChI=1S/C19H29N5O3/c1-2-27-19(26)24-9-5-17(6-10-24)22-11-13-23(14-12-22)18(25)21-15-16-3-7-20-8-4-16/h3-4,7-8,17H,2,5-6,9-15H2,1H3,(H,21,25). The molecule has 0 atom stereocenters. The summed E-state index contributed by atoms with van der Waals surface area (Å²) in [5.74, 6) is 0. The molecule has 27 heavy (non-hydrogen) atoms. The Morgan fingerprint density at radius 1 is 1.07 bits per heavy atom. The minimum atomic E-state index is -0.202. The summed E-state index contributed by atoms with van der Waals surface area (Å²) in [6, 6.07) is 4.28. The second-order valence-electron chi connectivity index (χ2n) is 6.95. The van der Waals surface area contributed by atoms with Gasteiger partial charge in [0, 0.05) is 64.2 Å². The number of hydrogen-bond acceptors (Lipinski definition) is 5. The maximum Gasteiger partial charge on any atom is 0.409 e. The smallest absolute Gasteiger partial charge is 0.409 e. The number of carbonyl (C=O) groups excluding carboxylic acids is 2. The van der Waals surface area contributed by atoms with Crippen LogP contribution in [0.25, 0.3) is 0 Å². The molecular weight excluding hydrogens is 346 g/mol. The van der Waals surface area contributed by atoms with Crippen LogP contribution in [0.2, 0.25) is 0 Å². The number of amides is 3. The number of nitrogens with zero attached hydrogens (tertiary/aromatic N) is 4. The summed E-state index contributed by atoms with van der Waals surface area (Å²) in [5, 5.41) is 2.98. The van der Waals surface area contributed by atoms with Crippen LogP contribution >= 0.6 is 0 Å². The molecule has 2 saturated heterocycles. The van der Waals surface area contributed by atoms with E-state index in [0.29, 0.717) is 19.2 Å². The third-order valence-corrected chi connectivity index (χ3v) is 5.30. The average molecular weight is 375 g/mol. The topological polar surface area (TPSA) is 78.0 Å². The van der Waals surface area contributed by atoms with Gasteiger partial charge in [-0.3, -0.25) is 9.88 Å². The van der Waals surface area contributed by atoms with Gasteiger partial charge in [0.05, 0.1) is 6.61 Å². The number of aromatic nitrogens is 1. The summed E-state index contributed by atoms with van der Waals surface area (Å²) in [6.07, 6.45) is 5.19. The Kier molecular flexibility index (Phi) is 6.86. The zero-order chi connectivity index (χ0) is 19.1. The molecule has 1 N–H and O–H groups in total. The SMILES string of the molecule is CCOC(=O)N1CCC(N2CCN(C(=O)NCc3ccncc3)CC2)CC1. The molecule has 0 aromatic carbocycles. The molecule has 0 radical (unpaired) electrons. The summed E-state index contributed by atoms with van der Waals surface area (Å²) in [5.41, 5.74) is 1.05. The normalized spacial score (nSPS) is 19.0. The summed E-state index contributed by atoms with van der Waals surface area (Å²) in [6.45, 7) is 7.50. The molecule has 3 heterocycles. The van der Waals surface area contributed by atoms with E-state index in [4.69, 9.17) is 4.74 Å². The molecular formula is C19H29N5O3. The minimum absolute atomic E-state index is 0.0106. The van der Waals surface area contributed by atoms with Crippen molar-refractivity contribution in [2.24, 2.45) is 0 Å². The van der Waals surface area contributed by atoms with Crippen molar-refractivity contribution in [3.63, 3.8) is 0 Å². The van der Waals surface area contributed by atoms with Crippen LogP contribution in [0.5, 0.6) is 0 Å². The number of carbonyl (C=O) groups is 2. The first kappa shape index (κ1) is 19.4. The van der Waals surface area contributed by atoms with Crippen LogP contribution in [-0.2, 0) is 11.3 Å². The average Bonchev–Trinajstić information content (AvgIpc) is 2.73. The van der Waals surface area contributed by atoms with E-state index >= 15 is 0 Å². The van der Waals surface area contributed by atoms with Crippen molar-refractivity contribution in [2.75, 3.05) is 45.9 Å². The van der Waals surface area contributed by atoms with Crippen LogP contribution in [0.1, 0.15) is 25.3 Å². The molecule has 2 fully saturated rings. The van der Waals surface area contributed by atoms with Gasteiger partial charge in [-0.25, -0.2) is 9.59 Å². The van der Waals surface area contributed by atoms with Crippen molar-refractivity contribution in [1.82, 2.24) is 25.0 Å². The van der Waals surface area contributed by atoms with Crippen molar-refractivity contribution in [1.29, 1.82) is 0 Å². The Bertz CT molecular complexity index is 611. The largest absolute Gasteiger partial charge is 0.450 e. The number of ether oxygens (including phenoxy) is 1. The van der Waals surface area contributed by atoms with Gasteiger partial charge < -0.3 is 19.9 Å². The summed E-state index contributed by atoms with van der Waals surface area (Å²) in [4.78, 5) is 34.3. The van der Waals surface area contributed by atoms with Gasteiger partial charge in [0.15, 0.2) is 0 Å². The van der Waals surface area contributed by atoms with Crippen LogP contribution in [0.4, 0.5) is 9.59 Å². The highest BCUT2D eigenvalue weighted by molar-refractivity contribution is 5.74. The predicted molar refractivity (Wildman–Crippen MR) is 101 cm³/mol. The number of pyridine rings is 1. The molecule has 0 aliphatic carbocycles. The molecule has 0 bridgehead atoms. The maximum absolute atomic E-state index is 12.4. The molecule has 8 nitrogen and oxygen atoms in total. The number of piperidine rings is 1. The monoisotopic (exact) mass is 375 g/mol. The van der Waals surface area contributed by atoms with Gasteiger partial charge in [0.2, 0.25) is 0 Å². The van der Waals surface area contributed by atoms with Gasteiger partial charge in [-0.2, -0.15) is 0 Å². The molecule has 1 aromatic heterocycles. The second-order valence-corrected chi connectivity index (χ2v) is 6.95. The van der Waals surface area contributed by atoms with Crippen molar-refractivity contribution < 1.29 is 14.3 Å². The summed E-state index contributed by atoms with van der Waals surface area (Å²) in [7, 11) is 0. The fourth-order valence-electron chi connectivity index (χ4n) is 3.71. The Morgan fingerprint density at radius 2 is 1.74 bits per heavy atom. The van der Waals surface area contributed by atoms with Crippen LogP contribution in [-0.4, -0.2) is 83.7 Å². The van der Waals surface area contributed by atoms with Gasteiger partial charge in [-0.1, -0.05) is 0 Å². The van der Waals surface area contributed by atoms with Crippen LogP contribution in [0, 0.1) is 0 Å². The number of likely N-dealkylation sites (tertiary alicyclic amines) is 1. The third kappa shape index (κ3) is 5.32. The van der Waals surface area contributed by atoms with Crippen molar-refractivity contribution in [3.05, 3.63) is 30.1 Å². The van der Waals surface area contributed by atoms with E-state index in [-0.39, 0.29) is 12.1 Å². The first-order chi connectivity index (χ1) is 13.2. The molecule has 8 heteroatoms. The quantitative estimate of drug-likeness (QED) is 0.864. The summed E-state index contributed by atoms with van der Waals surface area (Å²) >= 11 is 0. The lowest BCUT2D eigenvalue weighted by Crippen LogP contribution is -2.56. The lowest BCUT2D eigenvalue weighted by Gasteiger charge is -2.42. The van der Waals surface area contributed by atoms with Gasteiger partial charge in [0.25, 0.3) is 0 Å². The van der Waals surface area contributed by atoms with Crippen LogP contribution in [0.3, 0.4) is 0 Å². The maximum atomic E-state index is 12.4. The molecule has 0 unspecified atom stereocenters. The molecule has 1 aromatic rings. The number of nitrogens with one attached hydrogen (secondary N) is 1. The molecule has 3 rings (SSSR count). The minimum Gasteiger partial charge on any atom is -0.450 e. The molecule has 2 aliphatic heterocycles. The zero-order valence-electron chi connectivity index (χ0n) is 16.0. The summed E-state index contributed by atoms with van der Waals surface area (Å²) < 4.78 is 5.08. The zero-order valence-corrected chi connectivity index (χ0v) is 16.0. The van der Waals surface area contributed by atoms with Gasteiger partial charge >= 0.3 is 12.1 Å². The van der Waals surface area contributed by atoms with Crippen molar-refractivity contribution >= 4 is 12.1 Å². The van der Waals surface area contributed by atoms with Crippen molar-refractivity contribution in [3.8, 4) is 0 Å². The third-order valence-electron chi connectivity index (χ3n) is 5.30. The second kappa shape index (κ2) is 9.55. The van der Waals surface area contributed by atoms with E-state index in [0.717, 1.165) is 57.7 Å². The molecule has 0 saturated carbocycles. The Hall–Kier alpha value is -2.35. The van der Waals surface area contributed by atoms with E-state index < -0.39 is 0 Å².